The van der Waals surface area contributed by atoms with Crippen molar-refractivity contribution in [2.45, 2.75) is 38.2 Å². The van der Waals surface area contributed by atoms with Gasteiger partial charge < -0.3 is 14.2 Å². The van der Waals surface area contributed by atoms with E-state index in [0.717, 1.165) is 24.9 Å². The summed E-state index contributed by atoms with van der Waals surface area (Å²) in [4.78, 5) is 25.6. The van der Waals surface area contributed by atoms with Crippen molar-refractivity contribution in [3.63, 3.8) is 0 Å². The molecular weight excluding hydrogens is 382 g/mol. The first-order valence-corrected chi connectivity index (χ1v) is 9.23. The van der Waals surface area contributed by atoms with Crippen LogP contribution in [-0.2, 0) is 26.2 Å². The molecule has 1 aromatic rings. The van der Waals surface area contributed by atoms with E-state index in [1.807, 2.05) is 12.1 Å². The number of ether oxygens (including phenoxy) is 3. The minimum absolute atomic E-state index is 0. The van der Waals surface area contributed by atoms with Crippen molar-refractivity contribution < 1.29 is 23.8 Å². The van der Waals surface area contributed by atoms with Crippen LogP contribution in [0.3, 0.4) is 0 Å². The van der Waals surface area contributed by atoms with Crippen molar-refractivity contribution in [2.24, 2.45) is 5.92 Å². The molecule has 0 aromatic heterocycles. The Morgan fingerprint density at radius 3 is 2.68 bits per heavy atom. The van der Waals surface area contributed by atoms with Crippen LogP contribution in [-0.4, -0.2) is 36.5 Å². The molecule has 2 aliphatic carbocycles. The highest BCUT2D eigenvalue weighted by Crippen LogP contribution is 2.65. The number of benzene rings is 1. The molecule has 5 rings (SSSR count). The largest absolute Gasteiger partial charge is 0.480 e. The van der Waals surface area contributed by atoms with Crippen LogP contribution in [0.25, 0.3) is 0 Å². The maximum absolute atomic E-state index is 11.7. The van der Waals surface area contributed by atoms with E-state index in [0.29, 0.717) is 17.6 Å². The number of likely N-dealkylation sites (tertiary alicyclic amines) is 1. The van der Waals surface area contributed by atoms with Gasteiger partial charge >= 0.3 is 11.9 Å². The first kappa shape index (κ1) is 19.3. The van der Waals surface area contributed by atoms with Gasteiger partial charge in [-0.2, -0.15) is 0 Å². The van der Waals surface area contributed by atoms with Gasteiger partial charge in [0, 0.05) is 25.3 Å². The highest BCUT2D eigenvalue weighted by atomic mass is 35.5. The van der Waals surface area contributed by atoms with Crippen molar-refractivity contribution in [1.29, 1.82) is 0 Å². The molecule has 1 aromatic carbocycles. The lowest BCUT2D eigenvalue weighted by molar-refractivity contribution is -0.142. The maximum Gasteiger partial charge on any atom is 0.308 e. The van der Waals surface area contributed by atoms with Crippen LogP contribution in [0.15, 0.2) is 24.3 Å². The lowest BCUT2D eigenvalue weighted by Crippen LogP contribution is -2.60. The third-order valence-electron chi connectivity index (χ3n) is 6.24. The van der Waals surface area contributed by atoms with Crippen LogP contribution < -0.4 is 9.47 Å². The number of rotatable bonds is 2. The van der Waals surface area contributed by atoms with E-state index >= 15 is 0 Å². The summed E-state index contributed by atoms with van der Waals surface area (Å²) in [7, 11) is 2.13. The summed E-state index contributed by atoms with van der Waals surface area (Å²) >= 11 is 0. The third kappa shape index (κ3) is 2.44. The minimum atomic E-state index is -0.397. The molecule has 0 N–H and O–H groups in total. The highest BCUT2D eigenvalue weighted by molar-refractivity contribution is 5.85. The summed E-state index contributed by atoms with van der Waals surface area (Å²) in [5, 5.41) is 0. The first-order valence-electron chi connectivity index (χ1n) is 9.23. The number of esters is 2. The Bertz CT molecular complexity index is 884. The number of hydrogen-bond acceptors (Lipinski definition) is 6. The van der Waals surface area contributed by atoms with Crippen LogP contribution in [0.4, 0.5) is 0 Å². The average Bonchev–Trinajstić information content (AvgIpc) is 2.95. The molecule has 2 bridgehead atoms. The van der Waals surface area contributed by atoms with Gasteiger partial charge in [-0.15, -0.1) is 12.4 Å². The molecule has 2 heterocycles. The first-order chi connectivity index (χ1) is 12.9. The summed E-state index contributed by atoms with van der Waals surface area (Å²) in [6.07, 6.45) is 5.86. The fraction of sp³-hybridized carbons (Fsp3) is 0.429. The summed E-state index contributed by atoms with van der Waals surface area (Å²) in [6, 6.07) is 5.19. The Kier molecular flexibility index (Phi) is 4.47. The predicted octanol–water partition coefficient (Wildman–Crippen LogP) is 2.74. The molecule has 1 spiro atoms. The molecule has 1 saturated heterocycles. The zero-order chi connectivity index (χ0) is 18.9. The van der Waals surface area contributed by atoms with Crippen molar-refractivity contribution in [3.05, 3.63) is 47.6 Å². The van der Waals surface area contributed by atoms with Gasteiger partial charge in [-0.25, -0.2) is 0 Å². The van der Waals surface area contributed by atoms with Gasteiger partial charge in [0.05, 0.1) is 11.5 Å². The van der Waals surface area contributed by atoms with Gasteiger partial charge in [0.15, 0.2) is 17.6 Å². The number of nitrogens with zero attached hydrogens (tertiary/aromatic N) is 1. The number of piperidine rings is 1. The fourth-order valence-corrected chi connectivity index (χ4v) is 5.30. The second kappa shape index (κ2) is 6.49. The molecule has 0 amide bonds. The van der Waals surface area contributed by atoms with Gasteiger partial charge in [-0.3, -0.25) is 14.5 Å². The van der Waals surface area contributed by atoms with Crippen LogP contribution in [0.1, 0.15) is 31.4 Å². The number of hydrogen-bond donors (Lipinski definition) is 0. The summed E-state index contributed by atoms with van der Waals surface area (Å²) in [5.41, 5.74) is 1.99. The van der Waals surface area contributed by atoms with Crippen molar-refractivity contribution in [3.8, 4) is 11.5 Å². The maximum atomic E-state index is 11.7. The third-order valence-corrected chi connectivity index (χ3v) is 6.24. The van der Waals surface area contributed by atoms with Crippen molar-refractivity contribution >= 4 is 24.3 Å². The average molecular weight is 404 g/mol. The monoisotopic (exact) mass is 403 g/mol. The molecule has 28 heavy (non-hydrogen) atoms. The SMILES string of the molecule is CC(=O)O[C]1C=C[C@H]2[C]3Cc4ccc(OC(C)=O)c5c4[C@@]2(CCN3C)[C@H]1O5.Cl. The van der Waals surface area contributed by atoms with Crippen LogP contribution in [0.5, 0.6) is 11.5 Å². The number of carbonyl (C=O) groups is 2. The smallest absolute Gasteiger partial charge is 0.308 e. The molecule has 2 radical (unpaired) electrons. The lowest BCUT2D eigenvalue weighted by Gasteiger charge is -2.55. The van der Waals surface area contributed by atoms with E-state index in [1.165, 1.54) is 25.5 Å². The van der Waals surface area contributed by atoms with Crippen molar-refractivity contribution in [2.75, 3.05) is 13.6 Å². The fourth-order valence-electron chi connectivity index (χ4n) is 5.30. The predicted molar refractivity (Wildman–Crippen MR) is 103 cm³/mol. The van der Waals surface area contributed by atoms with E-state index in [1.54, 1.807) is 6.07 Å². The highest BCUT2D eigenvalue weighted by Gasteiger charge is 2.65. The number of carbonyl (C=O) groups excluding carboxylic acids is 2. The Balaban J connectivity index is 0.00000192. The van der Waals surface area contributed by atoms with Crippen LogP contribution >= 0.6 is 12.4 Å². The Hall–Kier alpha value is -2.05. The topological polar surface area (TPSA) is 65.1 Å². The molecule has 1 fully saturated rings. The van der Waals surface area contributed by atoms with E-state index < -0.39 is 6.10 Å². The van der Waals surface area contributed by atoms with E-state index in [2.05, 4.69) is 18.0 Å². The number of halogens is 1. The molecule has 4 aliphatic rings. The van der Waals surface area contributed by atoms with Gasteiger partial charge in [0.2, 0.25) is 6.10 Å². The van der Waals surface area contributed by atoms with E-state index in [-0.39, 0.29) is 35.7 Å². The summed E-state index contributed by atoms with van der Waals surface area (Å²) < 4.78 is 17.3. The zero-order valence-corrected chi connectivity index (χ0v) is 16.8. The second-order valence-corrected chi connectivity index (χ2v) is 7.73. The Morgan fingerprint density at radius 1 is 1.21 bits per heavy atom. The van der Waals surface area contributed by atoms with Gasteiger partial charge in [0.25, 0.3) is 0 Å². The van der Waals surface area contributed by atoms with Crippen molar-refractivity contribution in [1.82, 2.24) is 4.90 Å². The minimum Gasteiger partial charge on any atom is -0.480 e. The van der Waals surface area contributed by atoms with E-state index in [9.17, 15) is 9.59 Å². The Morgan fingerprint density at radius 2 is 1.96 bits per heavy atom. The van der Waals surface area contributed by atoms with Gasteiger partial charge in [0.1, 0.15) is 0 Å². The second-order valence-electron chi connectivity index (χ2n) is 7.73. The zero-order valence-electron chi connectivity index (χ0n) is 16.0. The molecule has 7 heteroatoms. The van der Waals surface area contributed by atoms with Gasteiger partial charge in [-0.05, 0) is 44.1 Å². The summed E-state index contributed by atoms with van der Waals surface area (Å²) in [5.74, 6) is 0.495. The molecule has 3 atom stereocenters. The van der Waals surface area contributed by atoms with Gasteiger partial charge in [-0.1, -0.05) is 12.1 Å². The molecule has 0 unspecified atom stereocenters. The quantitative estimate of drug-likeness (QED) is 0.559. The van der Waals surface area contributed by atoms with E-state index in [4.69, 9.17) is 14.2 Å². The standard InChI is InChI=1S/C21H21NO5.ClH/c1-11(23)25-16-6-4-13-10-15-14-5-7-17(26-12(2)24)20-21(14,8-9-22(15)3)18(13)19(16)27-20;/h4-7,14,20H,8-10H2,1-3H3;1H/t14-,20-,21-;/m0./s1. The van der Waals surface area contributed by atoms with Crippen LogP contribution in [0.2, 0.25) is 0 Å². The summed E-state index contributed by atoms with van der Waals surface area (Å²) in [6.45, 7) is 3.69. The molecule has 6 nitrogen and oxygen atoms in total. The molecule has 0 saturated carbocycles. The normalized spacial score (nSPS) is 30.1. The molecule has 2 aliphatic heterocycles. The lowest BCUT2D eigenvalue weighted by atomic mass is 9.53. The number of likely N-dealkylation sites (N-methyl/N-ethyl adjacent to an activating group) is 1. The Labute approximate surface area is 170 Å². The van der Waals surface area contributed by atoms with Crippen LogP contribution in [0, 0.1) is 18.1 Å². The molecule has 148 valence electrons. The molecular formula is C21H22ClNO5.